The number of amides is 1. The van der Waals surface area contributed by atoms with Gasteiger partial charge in [-0.05, 0) is 36.1 Å². The maximum atomic E-state index is 12.2. The van der Waals surface area contributed by atoms with E-state index in [0.29, 0.717) is 13.0 Å². The van der Waals surface area contributed by atoms with E-state index in [0.717, 1.165) is 30.8 Å². The Labute approximate surface area is 114 Å². The number of benzene rings is 1. The van der Waals surface area contributed by atoms with Crippen LogP contribution in [0.3, 0.4) is 0 Å². The molecule has 0 aromatic heterocycles. The second-order valence-electron chi connectivity index (χ2n) is 5.60. The van der Waals surface area contributed by atoms with E-state index in [4.69, 9.17) is 10.5 Å². The van der Waals surface area contributed by atoms with Crippen molar-refractivity contribution in [1.29, 1.82) is 0 Å². The standard InChI is InChI=1S/C15H22N2O2/c1-15(10-16)7-8-17(11-15)14(18)9-12-3-5-13(19-2)6-4-12/h3-6H,7-11,16H2,1-2H3. The summed E-state index contributed by atoms with van der Waals surface area (Å²) in [5, 5.41) is 0. The third-order valence-electron chi connectivity index (χ3n) is 3.92. The number of nitrogens with two attached hydrogens (primary N) is 1. The second kappa shape index (κ2) is 5.61. The molecule has 0 saturated carbocycles. The van der Waals surface area contributed by atoms with Gasteiger partial charge in [-0.1, -0.05) is 19.1 Å². The highest BCUT2D eigenvalue weighted by molar-refractivity contribution is 5.79. The lowest BCUT2D eigenvalue weighted by molar-refractivity contribution is -0.129. The first-order valence-electron chi connectivity index (χ1n) is 6.67. The molecule has 0 bridgehead atoms. The van der Waals surface area contributed by atoms with E-state index in [1.54, 1.807) is 7.11 Å². The number of ether oxygens (including phenoxy) is 1. The molecular formula is C15H22N2O2. The minimum absolute atomic E-state index is 0.0928. The van der Waals surface area contributed by atoms with Crippen LogP contribution in [0.2, 0.25) is 0 Å². The fourth-order valence-electron chi connectivity index (χ4n) is 2.43. The van der Waals surface area contributed by atoms with E-state index in [1.807, 2.05) is 29.2 Å². The molecule has 2 rings (SSSR count). The molecule has 104 valence electrons. The predicted octanol–water partition coefficient (Wildman–Crippen LogP) is 1.43. The summed E-state index contributed by atoms with van der Waals surface area (Å²) >= 11 is 0. The normalized spacial score (nSPS) is 22.6. The molecule has 4 heteroatoms. The number of likely N-dealkylation sites (tertiary alicyclic amines) is 1. The summed E-state index contributed by atoms with van der Waals surface area (Å²) in [5.41, 5.74) is 6.88. The predicted molar refractivity (Wildman–Crippen MR) is 75.1 cm³/mol. The molecule has 1 unspecified atom stereocenters. The van der Waals surface area contributed by atoms with Gasteiger partial charge in [-0.25, -0.2) is 0 Å². The third-order valence-corrected chi connectivity index (χ3v) is 3.92. The molecule has 1 atom stereocenters. The zero-order valence-corrected chi connectivity index (χ0v) is 11.7. The Kier molecular flexibility index (Phi) is 4.10. The molecule has 1 saturated heterocycles. The second-order valence-corrected chi connectivity index (χ2v) is 5.60. The average Bonchev–Trinajstić information content (AvgIpc) is 2.83. The largest absolute Gasteiger partial charge is 0.497 e. The summed E-state index contributed by atoms with van der Waals surface area (Å²) < 4.78 is 5.11. The lowest BCUT2D eigenvalue weighted by Gasteiger charge is -2.22. The highest BCUT2D eigenvalue weighted by Crippen LogP contribution is 2.28. The number of nitrogens with zero attached hydrogens (tertiary/aromatic N) is 1. The topological polar surface area (TPSA) is 55.6 Å². The van der Waals surface area contributed by atoms with Gasteiger partial charge in [0.05, 0.1) is 13.5 Å². The van der Waals surface area contributed by atoms with Crippen molar-refractivity contribution in [2.24, 2.45) is 11.1 Å². The van der Waals surface area contributed by atoms with Gasteiger partial charge in [0.25, 0.3) is 0 Å². The van der Waals surface area contributed by atoms with Gasteiger partial charge in [-0.2, -0.15) is 0 Å². The molecular weight excluding hydrogens is 240 g/mol. The van der Waals surface area contributed by atoms with E-state index in [2.05, 4.69) is 6.92 Å². The van der Waals surface area contributed by atoms with Crippen LogP contribution in [0, 0.1) is 5.41 Å². The summed E-state index contributed by atoms with van der Waals surface area (Å²) in [5.74, 6) is 0.996. The first-order chi connectivity index (χ1) is 9.06. The number of rotatable bonds is 4. The summed E-state index contributed by atoms with van der Waals surface area (Å²) in [7, 11) is 1.64. The molecule has 4 nitrogen and oxygen atoms in total. The SMILES string of the molecule is COc1ccc(CC(=O)N2CCC(C)(CN)C2)cc1. The Morgan fingerprint density at radius 3 is 2.63 bits per heavy atom. The summed E-state index contributed by atoms with van der Waals surface area (Å²) in [4.78, 5) is 14.2. The van der Waals surface area contributed by atoms with Gasteiger partial charge in [0.1, 0.15) is 5.75 Å². The van der Waals surface area contributed by atoms with Crippen LogP contribution in [0.4, 0.5) is 0 Å². The van der Waals surface area contributed by atoms with Gasteiger partial charge in [0.15, 0.2) is 0 Å². The number of hydrogen-bond donors (Lipinski definition) is 1. The smallest absolute Gasteiger partial charge is 0.227 e. The Balaban J connectivity index is 1.94. The van der Waals surface area contributed by atoms with E-state index in [1.165, 1.54) is 0 Å². The van der Waals surface area contributed by atoms with Crippen molar-refractivity contribution < 1.29 is 9.53 Å². The molecule has 0 radical (unpaired) electrons. The van der Waals surface area contributed by atoms with Gasteiger partial charge in [0, 0.05) is 13.1 Å². The zero-order chi connectivity index (χ0) is 13.9. The van der Waals surface area contributed by atoms with Crippen LogP contribution in [0.15, 0.2) is 24.3 Å². The molecule has 1 aromatic rings. The third kappa shape index (κ3) is 3.26. The van der Waals surface area contributed by atoms with E-state index in [-0.39, 0.29) is 11.3 Å². The molecule has 2 N–H and O–H groups in total. The van der Waals surface area contributed by atoms with Gasteiger partial charge in [-0.15, -0.1) is 0 Å². The summed E-state index contributed by atoms with van der Waals surface area (Å²) in [6, 6.07) is 7.65. The summed E-state index contributed by atoms with van der Waals surface area (Å²) in [6.07, 6.45) is 1.45. The summed E-state index contributed by atoms with van der Waals surface area (Å²) in [6.45, 7) is 4.38. The Bertz CT molecular complexity index is 444. The van der Waals surface area contributed by atoms with Crippen LogP contribution < -0.4 is 10.5 Å². The number of carbonyl (C=O) groups excluding carboxylic acids is 1. The average molecular weight is 262 g/mol. The van der Waals surface area contributed by atoms with Crippen molar-refractivity contribution in [3.63, 3.8) is 0 Å². The monoisotopic (exact) mass is 262 g/mol. The highest BCUT2D eigenvalue weighted by Gasteiger charge is 2.34. The Morgan fingerprint density at radius 1 is 1.42 bits per heavy atom. The lowest BCUT2D eigenvalue weighted by Crippen LogP contribution is -2.35. The van der Waals surface area contributed by atoms with Crippen molar-refractivity contribution in [2.45, 2.75) is 19.8 Å². The molecule has 19 heavy (non-hydrogen) atoms. The molecule has 1 aliphatic rings. The first kappa shape index (κ1) is 13.9. The molecule has 1 aromatic carbocycles. The van der Waals surface area contributed by atoms with Crippen LogP contribution >= 0.6 is 0 Å². The van der Waals surface area contributed by atoms with Crippen LogP contribution in [-0.2, 0) is 11.2 Å². The van der Waals surface area contributed by atoms with Crippen LogP contribution in [0.25, 0.3) is 0 Å². The Morgan fingerprint density at radius 2 is 2.11 bits per heavy atom. The quantitative estimate of drug-likeness (QED) is 0.893. The van der Waals surface area contributed by atoms with Crippen molar-refractivity contribution in [2.75, 3.05) is 26.7 Å². The molecule has 1 aliphatic heterocycles. The number of carbonyl (C=O) groups is 1. The minimum Gasteiger partial charge on any atom is -0.497 e. The molecule has 0 spiro atoms. The number of methoxy groups -OCH3 is 1. The van der Waals surface area contributed by atoms with Crippen molar-refractivity contribution in [3.8, 4) is 5.75 Å². The van der Waals surface area contributed by atoms with Crippen LogP contribution in [0.1, 0.15) is 18.9 Å². The lowest BCUT2D eigenvalue weighted by atomic mass is 9.90. The fraction of sp³-hybridized carbons (Fsp3) is 0.533. The molecule has 0 aliphatic carbocycles. The van der Waals surface area contributed by atoms with Crippen molar-refractivity contribution in [1.82, 2.24) is 4.90 Å². The van der Waals surface area contributed by atoms with E-state index >= 15 is 0 Å². The molecule has 1 fully saturated rings. The maximum Gasteiger partial charge on any atom is 0.227 e. The highest BCUT2D eigenvalue weighted by atomic mass is 16.5. The fourth-order valence-corrected chi connectivity index (χ4v) is 2.43. The van der Waals surface area contributed by atoms with Gasteiger partial charge < -0.3 is 15.4 Å². The van der Waals surface area contributed by atoms with Crippen molar-refractivity contribution >= 4 is 5.91 Å². The Hall–Kier alpha value is -1.55. The molecule has 1 amide bonds. The van der Waals surface area contributed by atoms with E-state index in [9.17, 15) is 4.79 Å². The molecule has 1 heterocycles. The maximum absolute atomic E-state index is 12.2. The van der Waals surface area contributed by atoms with Gasteiger partial charge >= 0.3 is 0 Å². The van der Waals surface area contributed by atoms with Gasteiger partial charge in [-0.3, -0.25) is 4.79 Å². The first-order valence-corrected chi connectivity index (χ1v) is 6.67. The van der Waals surface area contributed by atoms with Crippen LogP contribution in [-0.4, -0.2) is 37.6 Å². The minimum atomic E-state index is 0.0928. The van der Waals surface area contributed by atoms with Crippen LogP contribution in [0.5, 0.6) is 5.75 Å². The van der Waals surface area contributed by atoms with E-state index < -0.39 is 0 Å². The van der Waals surface area contributed by atoms with Crippen molar-refractivity contribution in [3.05, 3.63) is 29.8 Å². The number of hydrogen-bond acceptors (Lipinski definition) is 3. The van der Waals surface area contributed by atoms with Gasteiger partial charge in [0.2, 0.25) is 5.91 Å². The zero-order valence-electron chi connectivity index (χ0n) is 11.7.